The summed E-state index contributed by atoms with van der Waals surface area (Å²) in [5.41, 5.74) is 0.431. The second-order valence-electron chi connectivity index (χ2n) is 5.59. The predicted molar refractivity (Wildman–Crippen MR) is 75.6 cm³/mol. The molecule has 0 bridgehead atoms. The molecule has 1 aromatic carbocycles. The Labute approximate surface area is 117 Å². The molecule has 0 aliphatic heterocycles. The van der Waals surface area contributed by atoms with Gasteiger partial charge >= 0.3 is 0 Å². The summed E-state index contributed by atoms with van der Waals surface area (Å²) >= 11 is 0. The summed E-state index contributed by atoms with van der Waals surface area (Å²) in [5, 5.41) is 2.93. The summed E-state index contributed by atoms with van der Waals surface area (Å²) in [7, 11) is 1.74. The van der Waals surface area contributed by atoms with E-state index in [0.717, 1.165) is 6.07 Å². The van der Waals surface area contributed by atoms with Crippen molar-refractivity contribution in [1.82, 2.24) is 9.97 Å². The number of aromatic nitrogens is 2. The number of hydrogen-bond donors (Lipinski definition) is 1. The molecule has 3 nitrogen and oxygen atoms in total. The van der Waals surface area contributed by atoms with Crippen molar-refractivity contribution >= 4 is 5.82 Å². The first kappa shape index (κ1) is 14.4. The molecule has 2 aromatic rings. The van der Waals surface area contributed by atoms with Gasteiger partial charge in [-0.05, 0) is 12.1 Å². The van der Waals surface area contributed by atoms with Gasteiger partial charge in [0.1, 0.15) is 23.3 Å². The average molecular weight is 277 g/mol. The molecule has 1 heterocycles. The Balaban J connectivity index is 2.61. The van der Waals surface area contributed by atoms with Crippen molar-refractivity contribution in [2.45, 2.75) is 26.2 Å². The van der Waals surface area contributed by atoms with Crippen LogP contribution in [0.3, 0.4) is 0 Å². The molecule has 0 amide bonds. The van der Waals surface area contributed by atoms with Gasteiger partial charge in [0.05, 0.1) is 5.69 Å². The maximum absolute atomic E-state index is 13.9. The third-order valence-corrected chi connectivity index (χ3v) is 2.86. The van der Waals surface area contributed by atoms with Crippen LogP contribution in [0.5, 0.6) is 0 Å². The Morgan fingerprint density at radius 1 is 1.05 bits per heavy atom. The number of anilines is 1. The number of halogens is 2. The number of hydrogen-bond acceptors (Lipinski definition) is 3. The van der Waals surface area contributed by atoms with E-state index in [2.05, 4.69) is 15.3 Å². The fraction of sp³-hybridized carbons (Fsp3) is 0.333. The van der Waals surface area contributed by atoms with E-state index in [1.54, 1.807) is 13.1 Å². The second kappa shape index (κ2) is 5.15. The monoisotopic (exact) mass is 277 g/mol. The maximum atomic E-state index is 13.9. The lowest BCUT2D eigenvalue weighted by Crippen LogP contribution is -2.17. The first-order chi connectivity index (χ1) is 9.31. The van der Waals surface area contributed by atoms with E-state index < -0.39 is 11.6 Å². The highest BCUT2D eigenvalue weighted by molar-refractivity contribution is 5.63. The standard InChI is InChI=1S/C15H17F2N3/c1-15(2,3)14-19-12(8-13(18-4)20-14)10-6-5-9(16)7-11(10)17/h5-8H,1-4H3,(H,18,19,20). The van der Waals surface area contributed by atoms with Crippen LogP contribution in [0.4, 0.5) is 14.6 Å². The molecule has 0 unspecified atom stereocenters. The van der Waals surface area contributed by atoms with E-state index >= 15 is 0 Å². The summed E-state index contributed by atoms with van der Waals surface area (Å²) in [4.78, 5) is 8.78. The van der Waals surface area contributed by atoms with Crippen molar-refractivity contribution in [1.29, 1.82) is 0 Å². The second-order valence-corrected chi connectivity index (χ2v) is 5.59. The lowest BCUT2D eigenvalue weighted by atomic mass is 9.95. The Morgan fingerprint density at radius 3 is 2.30 bits per heavy atom. The van der Waals surface area contributed by atoms with Gasteiger partial charge in [-0.2, -0.15) is 0 Å². The highest BCUT2D eigenvalue weighted by Gasteiger charge is 2.20. The Hall–Kier alpha value is -2.04. The molecule has 106 valence electrons. The summed E-state index contributed by atoms with van der Waals surface area (Å²) in [6.45, 7) is 5.94. The summed E-state index contributed by atoms with van der Waals surface area (Å²) < 4.78 is 26.9. The first-order valence-corrected chi connectivity index (χ1v) is 6.34. The van der Waals surface area contributed by atoms with E-state index in [4.69, 9.17) is 0 Å². The Morgan fingerprint density at radius 2 is 1.75 bits per heavy atom. The van der Waals surface area contributed by atoms with Crippen LogP contribution in [0.2, 0.25) is 0 Å². The summed E-state index contributed by atoms with van der Waals surface area (Å²) in [6, 6.07) is 5.11. The average Bonchev–Trinajstić information content (AvgIpc) is 2.37. The van der Waals surface area contributed by atoms with Gasteiger partial charge < -0.3 is 5.32 Å². The van der Waals surface area contributed by atoms with Gasteiger partial charge in [-0.3, -0.25) is 0 Å². The largest absolute Gasteiger partial charge is 0.373 e. The van der Waals surface area contributed by atoms with Gasteiger partial charge in [-0.1, -0.05) is 20.8 Å². The molecule has 5 heteroatoms. The molecular weight excluding hydrogens is 260 g/mol. The number of nitrogens with zero attached hydrogens (tertiary/aromatic N) is 2. The molecule has 0 radical (unpaired) electrons. The highest BCUT2D eigenvalue weighted by Crippen LogP contribution is 2.27. The zero-order chi connectivity index (χ0) is 14.9. The van der Waals surface area contributed by atoms with Crippen LogP contribution in [0.1, 0.15) is 26.6 Å². The number of rotatable bonds is 2. The van der Waals surface area contributed by atoms with Gasteiger partial charge in [-0.25, -0.2) is 18.7 Å². The van der Waals surface area contributed by atoms with E-state index in [-0.39, 0.29) is 11.0 Å². The molecule has 20 heavy (non-hydrogen) atoms. The van der Waals surface area contributed by atoms with E-state index in [1.165, 1.54) is 12.1 Å². The van der Waals surface area contributed by atoms with E-state index in [1.807, 2.05) is 20.8 Å². The van der Waals surface area contributed by atoms with Gasteiger partial charge in [0, 0.05) is 30.2 Å². The van der Waals surface area contributed by atoms with Crippen LogP contribution in [0.15, 0.2) is 24.3 Å². The summed E-state index contributed by atoms with van der Waals surface area (Å²) in [5.74, 6) is -0.0393. The Kier molecular flexibility index (Phi) is 3.70. The van der Waals surface area contributed by atoms with Crippen LogP contribution in [-0.2, 0) is 5.41 Å². The van der Waals surface area contributed by atoms with Crippen LogP contribution < -0.4 is 5.32 Å². The molecule has 2 rings (SSSR count). The lowest BCUT2D eigenvalue weighted by molar-refractivity contribution is 0.546. The SMILES string of the molecule is CNc1cc(-c2ccc(F)cc2F)nc(C(C)(C)C)n1. The number of benzene rings is 1. The molecule has 0 spiro atoms. The molecule has 0 aliphatic carbocycles. The number of nitrogens with one attached hydrogen (secondary N) is 1. The van der Waals surface area contributed by atoms with Crippen LogP contribution >= 0.6 is 0 Å². The molecule has 0 saturated carbocycles. The minimum absolute atomic E-state index is 0.260. The van der Waals surface area contributed by atoms with E-state index in [0.29, 0.717) is 17.3 Å². The minimum atomic E-state index is -0.634. The highest BCUT2D eigenvalue weighted by atomic mass is 19.1. The minimum Gasteiger partial charge on any atom is -0.373 e. The fourth-order valence-corrected chi connectivity index (χ4v) is 1.75. The summed E-state index contributed by atoms with van der Waals surface area (Å²) in [6.07, 6.45) is 0. The zero-order valence-corrected chi connectivity index (χ0v) is 12.0. The maximum Gasteiger partial charge on any atom is 0.136 e. The van der Waals surface area contributed by atoms with Crippen LogP contribution in [0.25, 0.3) is 11.3 Å². The van der Waals surface area contributed by atoms with Crippen molar-refractivity contribution in [3.63, 3.8) is 0 Å². The third-order valence-electron chi connectivity index (χ3n) is 2.86. The van der Waals surface area contributed by atoms with Crippen molar-refractivity contribution in [3.8, 4) is 11.3 Å². The van der Waals surface area contributed by atoms with Crippen molar-refractivity contribution < 1.29 is 8.78 Å². The fourth-order valence-electron chi connectivity index (χ4n) is 1.75. The van der Waals surface area contributed by atoms with Crippen molar-refractivity contribution in [3.05, 3.63) is 41.7 Å². The predicted octanol–water partition coefficient (Wildman–Crippen LogP) is 3.76. The van der Waals surface area contributed by atoms with Crippen molar-refractivity contribution in [2.75, 3.05) is 12.4 Å². The lowest BCUT2D eigenvalue weighted by Gasteiger charge is -2.18. The van der Waals surface area contributed by atoms with Gasteiger partial charge in [0.2, 0.25) is 0 Å². The normalized spacial score (nSPS) is 11.5. The zero-order valence-electron chi connectivity index (χ0n) is 12.0. The molecular formula is C15H17F2N3. The molecule has 0 atom stereocenters. The molecule has 0 saturated heterocycles. The quantitative estimate of drug-likeness (QED) is 0.908. The first-order valence-electron chi connectivity index (χ1n) is 6.34. The Bertz CT molecular complexity index is 634. The molecule has 0 fully saturated rings. The van der Waals surface area contributed by atoms with Gasteiger partial charge in [0.15, 0.2) is 0 Å². The smallest absolute Gasteiger partial charge is 0.136 e. The van der Waals surface area contributed by atoms with E-state index in [9.17, 15) is 8.78 Å². The topological polar surface area (TPSA) is 37.8 Å². The molecule has 1 aromatic heterocycles. The van der Waals surface area contributed by atoms with Crippen LogP contribution in [0, 0.1) is 11.6 Å². The van der Waals surface area contributed by atoms with Crippen LogP contribution in [-0.4, -0.2) is 17.0 Å². The van der Waals surface area contributed by atoms with Gasteiger partial charge in [0.25, 0.3) is 0 Å². The van der Waals surface area contributed by atoms with Gasteiger partial charge in [-0.15, -0.1) is 0 Å². The van der Waals surface area contributed by atoms with Crippen molar-refractivity contribution in [2.24, 2.45) is 0 Å². The third kappa shape index (κ3) is 2.92. The molecule has 0 aliphatic rings. The molecule has 1 N–H and O–H groups in total.